The predicted octanol–water partition coefficient (Wildman–Crippen LogP) is 0.248. The average molecular weight is 202 g/mol. The standard InChI is InChI=1S/C6H14N2.C4H8O2/c7-5-3-1-2-4-6(5)8;1-2-6-4-3-5-1/h5-6H,1-4,7-8H2;1-4H2. The van der Waals surface area contributed by atoms with Crippen molar-refractivity contribution < 1.29 is 9.47 Å². The third-order valence-corrected chi connectivity index (χ3v) is 2.62. The number of ether oxygens (including phenoxy) is 2. The molecule has 0 amide bonds. The fourth-order valence-electron chi connectivity index (χ4n) is 1.63. The quantitative estimate of drug-likeness (QED) is 0.590. The largest absolute Gasteiger partial charge is 0.377 e. The molecule has 2 unspecified atom stereocenters. The molecule has 4 heteroatoms. The minimum Gasteiger partial charge on any atom is -0.377 e. The van der Waals surface area contributed by atoms with Crippen LogP contribution >= 0.6 is 0 Å². The van der Waals surface area contributed by atoms with Crippen molar-refractivity contribution in [1.82, 2.24) is 0 Å². The number of hydrogen-bond acceptors (Lipinski definition) is 4. The van der Waals surface area contributed by atoms with Crippen LogP contribution in [0.5, 0.6) is 0 Å². The predicted molar refractivity (Wildman–Crippen MR) is 56.1 cm³/mol. The van der Waals surface area contributed by atoms with Crippen LogP contribution in [0, 0.1) is 0 Å². The van der Waals surface area contributed by atoms with Gasteiger partial charge in [0.2, 0.25) is 0 Å². The summed E-state index contributed by atoms with van der Waals surface area (Å²) in [6.45, 7) is 3.11. The van der Waals surface area contributed by atoms with E-state index in [2.05, 4.69) is 0 Å². The summed E-state index contributed by atoms with van der Waals surface area (Å²) < 4.78 is 9.89. The zero-order chi connectivity index (χ0) is 10.2. The Morgan fingerprint density at radius 1 is 0.714 bits per heavy atom. The molecular formula is C10H22N2O2. The SMILES string of the molecule is C1COCCO1.NC1CCCCC1N. The minimum absolute atomic E-state index is 0.281. The summed E-state index contributed by atoms with van der Waals surface area (Å²) in [5, 5.41) is 0. The lowest BCUT2D eigenvalue weighted by molar-refractivity contribution is -0.0334. The lowest BCUT2D eigenvalue weighted by atomic mass is 9.92. The average Bonchev–Trinajstić information content (AvgIpc) is 2.26. The van der Waals surface area contributed by atoms with Gasteiger partial charge in [0.05, 0.1) is 26.4 Å². The summed E-state index contributed by atoms with van der Waals surface area (Å²) in [5.41, 5.74) is 11.3. The van der Waals surface area contributed by atoms with Gasteiger partial charge in [-0.05, 0) is 12.8 Å². The fraction of sp³-hybridized carbons (Fsp3) is 1.00. The number of hydrogen-bond donors (Lipinski definition) is 2. The second-order valence-corrected chi connectivity index (χ2v) is 3.84. The Labute approximate surface area is 85.9 Å². The highest BCUT2D eigenvalue weighted by Crippen LogP contribution is 2.14. The zero-order valence-corrected chi connectivity index (χ0v) is 8.78. The molecule has 0 aromatic heterocycles. The molecule has 0 bridgehead atoms. The maximum atomic E-state index is 5.65. The van der Waals surface area contributed by atoms with E-state index in [4.69, 9.17) is 20.9 Å². The van der Waals surface area contributed by atoms with Crippen LogP contribution in [0.2, 0.25) is 0 Å². The van der Waals surface area contributed by atoms with E-state index in [9.17, 15) is 0 Å². The van der Waals surface area contributed by atoms with Crippen LogP contribution < -0.4 is 11.5 Å². The van der Waals surface area contributed by atoms with E-state index in [0.29, 0.717) is 0 Å². The van der Waals surface area contributed by atoms with Crippen molar-refractivity contribution in [1.29, 1.82) is 0 Å². The van der Waals surface area contributed by atoms with E-state index in [1.165, 1.54) is 12.8 Å². The molecule has 0 spiro atoms. The first-order valence-electron chi connectivity index (χ1n) is 5.47. The molecular weight excluding hydrogens is 180 g/mol. The van der Waals surface area contributed by atoms with Gasteiger partial charge in [-0.15, -0.1) is 0 Å². The van der Waals surface area contributed by atoms with Crippen molar-refractivity contribution in [2.45, 2.75) is 37.8 Å². The third-order valence-electron chi connectivity index (χ3n) is 2.62. The van der Waals surface area contributed by atoms with Crippen molar-refractivity contribution in [3.8, 4) is 0 Å². The molecule has 0 aromatic carbocycles. The van der Waals surface area contributed by atoms with Crippen LogP contribution in [-0.4, -0.2) is 38.5 Å². The molecule has 1 heterocycles. The number of rotatable bonds is 0. The summed E-state index contributed by atoms with van der Waals surface area (Å²) in [7, 11) is 0. The summed E-state index contributed by atoms with van der Waals surface area (Å²) in [6, 6.07) is 0.562. The van der Waals surface area contributed by atoms with E-state index in [1.807, 2.05) is 0 Å². The van der Waals surface area contributed by atoms with Gasteiger partial charge in [-0.25, -0.2) is 0 Å². The molecule has 4 nitrogen and oxygen atoms in total. The van der Waals surface area contributed by atoms with E-state index in [1.54, 1.807) is 0 Å². The highest BCUT2D eigenvalue weighted by molar-refractivity contribution is 4.79. The minimum atomic E-state index is 0.281. The first kappa shape index (κ1) is 11.9. The first-order valence-corrected chi connectivity index (χ1v) is 5.47. The molecule has 84 valence electrons. The zero-order valence-electron chi connectivity index (χ0n) is 8.78. The van der Waals surface area contributed by atoms with Crippen LogP contribution in [0.3, 0.4) is 0 Å². The molecule has 1 saturated heterocycles. The Balaban J connectivity index is 0.000000146. The van der Waals surface area contributed by atoms with E-state index in [0.717, 1.165) is 39.3 Å². The van der Waals surface area contributed by atoms with Crippen molar-refractivity contribution in [3.05, 3.63) is 0 Å². The van der Waals surface area contributed by atoms with Gasteiger partial charge < -0.3 is 20.9 Å². The molecule has 2 fully saturated rings. The first-order chi connectivity index (χ1) is 6.80. The topological polar surface area (TPSA) is 70.5 Å². The van der Waals surface area contributed by atoms with Gasteiger partial charge >= 0.3 is 0 Å². The van der Waals surface area contributed by atoms with Crippen molar-refractivity contribution in [2.24, 2.45) is 11.5 Å². The van der Waals surface area contributed by atoms with Gasteiger partial charge in [-0.1, -0.05) is 12.8 Å². The molecule has 0 aromatic rings. The summed E-state index contributed by atoms with van der Waals surface area (Å²) in [6.07, 6.45) is 4.80. The summed E-state index contributed by atoms with van der Waals surface area (Å²) >= 11 is 0. The molecule has 4 N–H and O–H groups in total. The summed E-state index contributed by atoms with van der Waals surface area (Å²) in [4.78, 5) is 0. The van der Waals surface area contributed by atoms with E-state index >= 15 is 0 Å². The Kier molecular flexibility index (Phi) is 6.10. The number of nitrogens with two attached hydrogens (primary N) is 2. The third kappa shape index (κ3) is 4.91. The Bertz CT molecular complexity index is 119. The summed E-state index contributed by atoms with van der Waals surface area (Å²) in [5.74, 6) is 0. The maximum Gasteiger partial charge on any atom is 0.0701 e. The van der Waals surface area contributed by atoms with Crippen molar-refractivity contribution in [2.75, 3.05) is 26.4 Å². The van der Waals surface area contributed by atoms with Crippen LogP contribution in [-0.2, 0) is 9.47 Å². The fourth-order valence-corrected chi connectivity index (χ4v) is 1.63. The van der Waals surface area contributed by atoms with Gasteiger partial charge in [0, 0.05) is 12.1 Å². The second kappa shape index (κ2) is 7.17. The molecule has 2 atom stereocenters. The van der Waals surface area contributed by atoms with E-state index in [-0.39, 0.29) is 12.1 Å². The van der Waals surface area contributed by atoms with Gasteiger partial charge in [-0.2, -0.15) is 0 Å². The Morgan fingerprint density at radius 3 is 1.29 bits per heavy atom. The van der Waals surface area contributed by atoms with Gasteiger partial charge in [0.1, 0.15) is 0 Å². The molecule has 2 rings (SSSR count). The van der Waals surface area contributed by atoms with Crippen LogP contribution in [0.4, 0.5) is 0 Å². The van der Waals surface area contributed by atoms with Crippen molar-refractivity contribution in [3.63, 3.8) is 0 Å². The maximum absolute atomic E-state index is 5.65. The highest BCUT2D eigenvalue weighted by Gasteiger charge is 2.16. The Hall–Kier alpha value is -0.160. The smallest absolute Gasteiger partial charge is 0.0701 e. The highest BCUT2D eigenvalue weighted by atomic mass is 16.6. The second-order valence-electron chi connectivity index (χ2n) is 3.84. The van der Waals surface area contributed by atoms with Gasteiger partial charge in [-0.3, -0.25) is 0 Å². The monoisotopic (exact) mass is 202 g/mol. The molecule has 14 heavy (non-hydrogen) atoms. The van der Waals surface area contributed by atoms with Gasteiger partial charge in [0.25, 0.3) is 0 Å². The molecule has 1 saturated carbocycles. The Morgan fingerprint density at radius 2 is 1.07 bits per heavy atom. The molecule has 1 aliphatic heterocycles. The van der Waals surface area contributed by atoms with Crippen LogP contribution in [0.25, 0.3) is 0 Å². The lowest BCUT2D eigenvalue weighted by Gasteiger charge is -2.24. The van der Waals surface area contributed by atoms with Gasteiger partial charge in [0.15, 0.2) is 0 Å². The van der Waals surface area contributed by atoms with E-state index < -0.39 is 0 Å². The lowest BCUT2D eigenvalue weighted by Crippen LogP contribution is -2.43. The van der Waals surface area contributed by atoms with Crippen LogP contribution in [0.1, 0.15) is 25.7 Å². The molecule has 2 aliphatic rings. The van der Waals surface area contributed by atoms with Crippen LogP contribution in [0.15, 0.2) is 0 Å². The van der Waals surface area contributed by atoms with Crippen molar-refractivity contribution >= 4 is 0 Å². The normalized spacial score (nSPS) is 33.0. The molecule has 0 radical (unpaired) electrons. The molecule has 1 aliphatic carbocycles.